The zero-order chi connectivity index (χ0) is 18.7. The number of nitrogens with one attached hydrogen (secondary N) is 1. The first-order chi connectivity index (χ1) is 12.5. The Kier molecular flexibility index (Phi) is 5.37. The summed E-state index contributed by atoms with van der Waals surface area (Å²) in [6.45, 7) is 0. The maximum absolute atomic E-state index is 12.7. The van der Waals surface area contributed by atoms with Gasteiger partial charge in [-0.1, -0.05) is 0 Å². The summed E-state index contributed by atoms with van der Waals surface area (Å²) in [4.78, 5) is 23.1. The summed E-state index contributed by atoms with van der Waals surface area (Å²) in [5, 5.41) is 12.8. The molecule has 0 saturated heterocycles. The maximum atomic E-state index is 12.7. The summed E-state index contributed by atoms with van der Waals surface area (Å²) in [7, 11) is 5.38. The molecule has 3 rings (SSSR count). The zero-order valence-electron chi connectivity index (χ0n) is 15.2. The number of rotatable bonds is 6. The van der Waals surface area contributed by atoms with E-state index in [1.807, 2.05) is 31.1 Å². The maximum Gasteiger partial charge on any atom is 0.253 e. The van der Waals surface area contributed by atoms with Gasteiger partial charge in [0, 0.05) is 26.5 Å². The molecule has 0 aromatic carbocycles. The number of pyridine rings is 2. The van der Waals surface area contributed by atoms with Crippen LogP contribution in [-0.4, -0.2) is 48.3 Å². The molecular formula is C19H24N4O3. The van der Waals surface area contributed by atoms with E-state index in [0.717, 1.165) is 11.4 Å². The molecule has 1 fully saturated rings. The molecule has 26 heavy (non-hydrogen) atoms. The molecule has 2 heterocycles. The van der Waals surface area contributed by atoms with Crippen LogP contribution in [0.5, 0.6) is 5.75 Å². The number of hydrogen-bond donors (Lipinski definition) is 2. The molecule has 1 atom stereocenters. The largest absolute Gasteiger partial charge is 0.495 e. The fourth-order valence-corrected chi connectivity index (χ4v) is 3.10. The molecular weight excluding hydrogens is 332 g/mol. The molecule has 0 radical (unpaired) electrons. The van der Waals surface area contributed by atoms with Gasteiger partial charge >= 0.3 is 0 Å². The Labute approximate surface area is 153 Å². The molecule has 0 spiro atoms. The molecule has 1 amide bonds. The van der Waals surface area contributed by atoms with E-state index >= 15 is 0 Å². The van der Waals surface area contributed by atoms with E-state index in [4.69, 9.17) is 4.74 Å². The normalized spacial score (nSPS) is 20.0. The molecule has 2 N–H and O–H groups in total. The van der Waals surface area contributed by atoms with Gasteiger partial charge in [-0.15, -0.1) is 0 Å². The second-order valence-electron chi connectivity index (χ2n) is 6.79. The molecule has 0 aliphatic heterocycles. The highest BCUT2D eigenvalue weighted by molar-refractivity contribution is 5.94. The fraction of sp³-hybridized carbons (Fsp3) is 0.421. The van der Waals surface area contributed by atoms with Gasteiger partial charge < -0.3 is 20.1 Å². The van der Waals surface area contributed by atoms with E-state index in [0.29, 0.717) is 24.2 Å². The van der Waals surface area contributed by atoms with Crippen LogP contribution in [-0.2, 0) is 0 Å². The Morgan fingerprint density at radius 2 is 2.08 bits per heavy atom. The van der Waals surface area contributed by atoms with Gasteiger partial charge in [0.15, 0.2) is 0 Å². The number of ether oxygens (including phenoxy) is 1. The number of anilines is 1. The van der Waals surface area contributed by atoms with E-state index < -0.39 is 0 Å². The Morgan fingerprint density at radius 1 is 1.31 bits per heavy atom. The van der Waals surface area contributed by atoms with Gasteiger partial charge in [0.25, 0.3) is 5.91 Å². The highest BCUT2D eigenvalue weighted by Crippen LogP contribution is 2.38. The molecule has 1 saturated carbocycles. The SMILES string of the molecule is COc1cncc([C@H](NC(=O)c2ccc(N(C)C)nc2)C2CC(O)C2)c1. The number of nitrogens with zero attached hydrogens (tertiary/aromatic N) is 3. The van der Waals surface area contributed by atoms with Crippen molar-refractivity contribution in [2.45, 2.75) is 25.0 Å². The standard InChI is InChI=1S/C19H24N4O3/c1-23(2)17-5-4-12(10-21-17)19(25)22-18(13-6-15(24)7-13)14-8-16(26-3)11-20-9-14/h4-5,8-11,13,15,18,24H,6-7H2,1-3H3,(H,22,25)/t13?,15?,18-/m1/s1. The lowest BCUT2D eigenvalue weighted by molar-refractivity contribution is 0.0234. The van der Waals surface area contributed by atoms with Crippen molar-refractivity contribution in [1.29, 1.82) is 0 Å². The van der Waals surface area contributed by atoms with Gasteiger partial charge in [-0.3, -0.25) is 9.78 Å². The van der Waals surface area contributed by atoms with Crippen LogP contribution in [0.3, 0.4) is 0 Å². The molecule has 2 aromatic rings. The van der Waals surface area contributed by atoms with Crippen LogP contribution in [0.1, 0.15) is 34.8 Å². The quantitative estimate of drug-likeness (QED) is 0.821. The predicted octanol–water partition coefficient (Wildman–Crippen LogP) is 1.79. The molecule has 1 aliphatic rings. The predicted molar refractivity (Wildman–Crippen MR) is 98.3 cm³/mol. The van der Waals surface area contributed by atoms with Gasteiger partial charge in [-0.2, -0.15) is 0 Å². The van der Waals surface area contributed by atoms with Gasteiger partial charge in [0.05, 0.1) is 31.0 Å². The number of carbonyl (C=O) groups is 1. The Bertz CT molecular complexity index is 758. The lowest BCUT2D eigenvalue weighted by Crippen LogP contribution is -2.41. The first kappa shape index (κ1) is 18.1. The highest BCUT2D eigenvalue weighted by atomic mass is 16.5. The van der Waals surface area contributed by atoms with Crippen molar-refractivity contribution in [3.63, 3.8) is 0 Å². The third kappa shape index (κ3) is 3.94. The average molecular weight is 356 g/mol. The first-order valence-electron chi connectivity index (χ1n) is 8.59. The summed E-state index contributed by atoms with van der Waals surface area (Å²) < 4.78 is 5.24. The topological polar surface area (TPSA) is 87.6 Å². The number of hydrogen-bond acceptors (Lipinski definition) is 6. The summed E-state index contributed by atoms with van der Waals surface area (Å²) >= 11 is 0. The Balaban J connectivity index is 1.79. The van der Waals surface area contributed by atoms with Crippen LogP contribution in [0.15, 0.2) is 36.8 Å². The number of aliphatic hydroxyl groups is 1. The summed E-state index contributed by atoms with van der Waals surface area (Å²) in [5.41, 5.74) is 1.36. The highest BCUT2D eigenvalue weighted by Gasteiger charge is 2.36. The lowest BCUT2D eigenvalue weighted by Gasteiger charge is -2.38. The van der Waals surface area contributed by atoms with Crippen LogP contribution in [0.25, 0.3) is 0 Å². The van der Waals surface area contributed by atoms with Crippen LogP contribution in [0.4, 0.5) is 5.82 Å². The third-order valence-electron chi connectivity index (χ3n) is 4.71. The first-order valence-corrected chi connectivity index (χ1v) is 8.59. The summed E-state index contributed by atoms with van der Waals surface area (Å²) in [6, 6.07) is 5.20. The van der Waals surface area contributed by atoms with Crippen molar-refractivity contribution in [2.75, 3.05) is 26.1 Å². The third-order valence-corrected chi connectivity index (χ3v) is 4.71. The minimum Gasteiger partial charge on any atom is -0.495 e. The summed E-state index contributed by atoms with van der Waals surface area (Å²) in [5.74, 6) is 1.39. The summed E-state index contributed by atoms with van der Waals surface area (Å²) in [6.07, 6.45) is 5.92. The molecule has 0 bridgehead atoms. The minimum absolute atomic E-state index is 0.164. The number of amides is 1. The molecule has 7 nitrogen and oxygen atoms in total. The molecule has 2 aromatic heterocycles. The Morgan fingerprint density at radius 3 is 2.65 bits per heavy atom. The van der Waals surface area contributed by atoms with Crippen LogP contribution in [0, 0.1) is 5.92 Å². The molecule has 7 heteroatoms. The van der Waals surface area contributed by atoms with E-state index in [2.05, 4.69) is 15.3 Å². The van der Waals surface area contributed by atoms with Crippen LogP contribution >= 0.6 is 0 Å². The van der Waals surface area contributed by atoms with Gasteiger partial charge in [0.2, 0.25) is 0 Å². The Hall–Kier alpha value is -2.67. The van der Waals surface area contributed by atoms with Crippen molar-refractivity contribution in [3.8, 4) is 5.75 Å². The van der Waals surface area contributed by atoms with Crippen molar-refractivity contribution in [1.82, 2.24) is 15.3 Å². The monoisotopic (exact) mass is 356 g/mol. The van der Waals surface area contributed by atoms with E-state index in [-0.39, 0.29) is 24.0 Å². The van der Waals surface area contributed by atoms with Gasteiger partial charge in [-0.05, 0) is 42.5 Å². The van der Waals surface area contributed by atoms with Gasteiger partial charge in [-0.25, -0.2) is 4.98 Å². The second kappa shape index (κ2) is 7.70. The number of carbonyl (C=O) groups excluding carboxylic acids is 1. The van der Waals surface area contributed by atoms with Crippen molar-refractivity contribution in [2.24, 2.45) is 5.92 Å². The van der Waals surface area contributed by atoms with Crippen LogP contribution in [0.2, 0.25) is 0 Å². The van der Waals surface area contributed by atoms with Crippen molar-refractivity contribution >= 4 is 11.7 Å². The second-order valence-corrected chi connectivity index (χ2v) is 6.79. The van der Waals surface area contributed by atoms with Gasteiger partial charge in [0.1, 0.15) is 11.6 Å². The lowest BCUT2D eigenvalue weighted by atomic mass is 9.75. The number of methoxy groups -OCH3 is 1. The number of aliphatic hydroxyl groups excluding tert-OH is 1. The number of aromatic nitrogens is 2. The van der Waals surface area contributed by atoms with Crippen molar-refractivity contribution < 1.29 is 14.6 Å². The molecule has 1 aliphatic carbocycles. The average Bonchev–Trinajstić information content (AvgIpc) is 2.63. The smallest absolute Gasteiger partial charge is 0.253 e. The minimum atomic E-state index is -0.306. The van der Waals surface area contributed by atoms with Crippen molar-refractivity contribution in [3.05, 3.63) is 47.9 Å². The van der Waals surface area contributed by atoms with E-state index in [1.54, 1.807) is 31.8 Å². The fourth-order valence-electron chi connectivity index (χ4n) is 3.10. The zero-order valence-corrected chi connectivity index (χ0v) is 15.2. The molecule has 0 unspecified atom stereocenters. The van der Waals surface area contributed by atoms with Crippen LogP contribution < -0.4 is 15.0 Å². The van der Waals surface area contributed by atoms with E-state index in [9.17, 15) is 9.90 Å². The van der Waals surface area contributed by atoms with E-state index in [1.165, 1.54) is 0 Å². The molecule has 138 valence electrons.